The molecule has 2 aliphatic rings. The summed E-state index contributed by atoms with van der Waals surface area (Å²) < 4.78 is 0. The molecule has 7 nitrogen and oxygen atoms in total. The van der Waals surface area contributed by atoms with Crippen LogP contribution in [0.5, 0.6) is 0 Å². The van der Waals surface area contributed by atoms with E-state index in [2.05, 4.69) is 26.3 Å². The average molecular weight is 485 g/mol. The SMILES string of the molecule is CCNC(=NCC1CC(=O)Nc2ccccc21)NCCNC(=O)C1CC1.I. The van der Waals surface area contributed by atoms with Gasteiger partial charge in [-0.3, -0.25) is 14.6 Å². The fourth-order valence-corrected chi connectivity index (χ4v) is 3.06. The first kappa shape index (κ1) is 21.5. The average Bonchev–Trinajstić information content (AvgIpc) is 3.47. The molecule has 1 atom stereocenters. The predicted molar refractivity (Wildman–Crippen MR) is 118 cm³/mol. The topological polar surface area (TPSA) is 94.6 Å². The third-order valence-electron chi connectivity index (χ3n) is 4.59. The van der Waals surface area contributed by atoms with E-state index in [1.54, 1.807) is 0 Å². The molecule has 3 rings (SSSR count). The number of fused-ring (bicyclic) bond motifs is 1. The number of carbonyl (C=O) groups excluding carboxylic acids is 2. The molecule has 0 radical (unpaired) electrons. The van der Waals surface area contributed by atoms with Crippen LogP contribution in [0.15, 0.2) is 29.3 Å². The van der Waals surface area contributed by atoms with E-state index in [-0.39, 0.29) is 47.6 Å². The van der Waals surface area contributed by atoms with Crippen molar-refractivity contribution in [3.63, 3.8) is 0 Å². The fraction of sp³-hybridized carbons (Fsp3) is 0.526. The lowest BCUT2D eigenvalue weighted by Crippen LogP contribution is -2.42. The van der Waals surface area contributed by atoms with Crippen molar-refractivity contribution in [2.45, 2.75) is 32.1 Å². The van der Waals surface area contributed by atoms with E-state index < -0.39 is 0 Å². The number of nitrogens with one attached hydrogen (secondary N) is 4. The normalized spacial score (nSPS) is 18.6. The molecule has 0 spiro atoms. The Bertz CT molecular complexity index is 690. The number of hydrogen-bond acceptors (Lipinski definition) is 3. The van der Waals surface area contributed by atoms with E-state index in [1.165, 1.54) is 0 Å². The van der Waals surface area contributed by atoms with E-state index >= 15 is 0 Å². The van der Waals surface area contributed by atoms with Crippen LogP contribution in [0, 0.1) is 5.92 Å². The Morgan fingerprint density at radius 2 is 1.93 bits per heavy atom. The summed E-state index contributed by atoms with van der Waals surface area (Å²) in [5.41, 5.74) is 2.01. The van der Waals surface area contributed by atoms with Gasteiger partial charge in [0.05, 0.1) is 6.54 Å². The molecular weight excluding hydrogens is 457 g/mol. The Labute approximate surface area is 177 Å². The molecule has 1 aliphatic carbocycles. The van der Waals surface area contributed by atoms with Gasteiger partial charge in [-0.1, -0.05) is 18.2 Å². The molecule has 1 aromatic carbocycles. The van der Waals surface area contributed by atoms with Crippen LogP contribution >= 0.6 is 24.0 Å². The number of carbonyl (C=O) groups is 2. The third kappa shape index (κ3) is 6.37. The van der Waals surface area contributed by atoms with E-state index in [0.29, 0.717) is 32.0 Å². The molecule has 148 valence electrons. The van der Waals surface area contributed by atoms with Crippen LogP contribution in [0.4, 0.5) is 5.69 Å². The molecule has 0 saturated heterocycles. The number of anilines is 1. The molecule has 1 unspecified atom stereocenters. The molecule has 1 heterocycles. The maximum absolute atomic E-state index is 11.9. The lowest BCUT2D eigenvalue weighted by atomic mass is 9.91. The van der Waals surface area contributed by atoms with Gasteiger partial charge in [0.15, 0.2) is 5.96 Å². The highest BCUT2D eigenvalue weighted by Gasteiger charge is 2.29. The largest absolute Gasteiger partial charge is 0.357 e. The van der Waals surface area contributed by atoms with E-state index in [0.717, 1.165) is 30.6 Å². The second-order valence-corrected chi connectivity index (χ2v) is 6.75. The summed E-state index contributed by atoms with van der Waals surface area (Å²) in [7, 11) is 0. The molecule has 0 aromatic heterocycles. The summed E-state index contributed by atoms with van der Waals surface area (Å²) >= 11 is 0. The molecule has 4 N–H and O–H groups in total. The van der Waals surface area contributed by atoms with Crippen molar-refractivity contribution in [3.8, 4) is 0 Å². The Kier molecular flexibility index (Phi) is 8.33. The number of rotatable bonds is 7. The van der Waals surface area contributed by atoms with Gasteiger partial charge >= 0.3 is 0 Å². The molecule has 27 heavy (non-hydrogen) atoms. The maximum Gasteiger partial charge on any atom is 0.225 e. The number of benzene rings is 1. The van der Waals surface area contributed by atoms with Gasteiger partial charge in [0.1, 0.15) is 0 Å². The Hall–Kier alpha value is -1.84. The smallest absolute Gasteiger partial charge is 0.225 e. The van der Waals surface area contributed by atoms with Crippen molar-refractivity contribution in [3.05, 3.63) is 29.8 Å². The highest BCUT2D eigenvalue weighted by molar-refractivity contribution is 14.0. The minimum Gasteiger partial charge on any atom is -0.357 e. The summed E-state index contributed by atoms with van der Waals surface area (Å²) in [4.78, 5) is 28.2. The van der Waals surface area contributed by atoms with Gasteiger partial charge in [-0.15, -0.1) is 24.0 Å². The molecule has 8 heteroatoms. The number of nitrogens with zero attached hydrogens (tertiary/aromatic N) is 1. The van der Waals surface area contributed by atoms with Crippen molar-refractivity contribution in [2.75, 3.05) is 31.5 Å². The van der Waals surface area contributed by atoms with Crippen LogP contribution in [0.2, 0.25) is 0 Å². The minimum absolute atomic E-state index is 0. The van der Waals surface area contributed by atoms with Crippen LogP contribution in [0.25, 0.3) is 0 Å². The van der Waals surface area contributed by atoms with Crippen molar-refractivity contribution in [1.29, 1.82) is 0 Å². The predicted octanol–water partition coefficient (Wildman–Crippen LogP) is 1.81. The van der Waals surface area contributed by atoms with Gasteiger partial charge in [-0.05, 0) is 31.4 Å². The number of guanidine groups is 1. The van der Waals surface area contributed by atoms with E-state index in [9.17, 15) is 9.59 Å². The maximum atomic E-state index is 11.9. The van der Waals surface area contributed by atoms with Crippen LogP contribution in [-0.2, 0) is 9.59 Å². The Morgan fingerprint density at radius 3 is 2.67 bits per heavy atom. The van der Waals surface area contributed by atoms with Crippen molar-refractivity contribution in [1.82, 2.24) is 16.0 Å². The van der Waals surface area contributed by atoms with Gasteiger partial charge in [0, 0.05) is 43.6 Å². The Morgan fingerprint density at radius 1 is 1.19 bits per heavy atom. The van der Waals surface area contributed by atoms with Gasteiger partial charge in [-0.2, -0.15) is 0 Å². The zero-order valence-electron chi connectivity index (χ0n) is 15.6. The first-order valence-corrected chi connectivity index (χ1v) is 9.36. The molecule has 2 amide bonds. The minimum atomic E-state index is 0. The number of aliphatic imine (C=N–C) groups is 1. The zero-order valence-corrected chi connectivity index (χ0v) is 17.9. The summed E-state index contributed by atoms with van der Waals surface area (Å²) in [6, 6.07) is 7.88. The summed E-state index contributed by atoms with van der Waals surface area (Å²) in [5, 5.41) is 12.3. The molecule has 1 aliphatic heterocycles. The molecule has 1 saturated carbocycles. The number of halogens is 1. The van der Waals surface area contributed by atoms with Crippen LogP contribution in [0.1, 0.15) is 37.7 Å². The van der Waals surface area contributed by atoms with Crippen LogP contribution < -0.4 is 21.3 Å². The standard InChI is InChI=1S/C19H27N5O2.HI/c1-2-20-19(22-10-9-21-18(26)13-7-8-13)23-12-14-11-17(25)24-16-6-4-3-5-15(14)16;/h3-6,13-14H,2,7-12H2,1H3,(H,21,26)(H,24,25)(H2,20,22,23);1H. The highest BCUT2D eigenvalue weighted by Crippen LogP contribution is 2.32. The van der Waals surface area contributed by atoms with E-state index in [4.69, 9.17) is 0 Å². The number of amides is 2. The van der Waals surface area contributed by atoms with Crippen LogP contribution in [-0.4, -0.2) is 44.0 Å². The molecule has 0 bridgehead atoms. The molecular formula is C19H28IN5O2. The molecule has 1 aromatic rings. The second kappa shape index (κ2) is 10.5. The lowest BCUT2D eigenvalue weighted by Gasteiger charge is -2.24. The third-order valence-corrected chi connectivity index (χ3v) is 4.59. The summed E-state index contributed by atoms with van der Waals surface area (Å²) in [6.07, 6.45) is 2.47. The van der Waals surface area contributed by atoms with Crippen LogP contribution in [0.3, 0.4) is 0 Å². The summed E-state index contributed by atoms with van der Waals surface area (Å²) in [6.45, 7) is 4.49. The van der Waals surface area contributed by atoms with Gasteiger partial charge < -0.3 is 21.3 Å². The molecule has 1 fully saturated rings. The van der Waals surface area contributed by atoms with Gasteiger partial charge in [0.2, 0.25) is 11.8 Å². The fourth-order valence-electron chi connectivity index (χ4n) is 3.06. The van der Waals surface area contributed by atoms with Crippen molar-refractivity contribution < 1.29 is 9.59 Å². The lowest BCUT2D eigenvalue weighted by molar-refractivity contribution is -0.122. The van der Waals surface area contributed by atoms with Crippen molar-refractivity contribution >= 4 is 47.4 Å². The van der Waals surface area contributed by atoms with Crippen molar-refractivity contribution in [2.24, 2.45) is 10.9 Å². The zero-order chi connectivity index (χ0) is 18.4. The number of hydrogen-bond donors (Lipinski definition) is 4. The second-order valence-electron chi connectivity index (χ2n) is 6.75. The quantitative estimate of drug-likeness (QED) is 0.205. The van der Waals surface area contributed by atoms with Gasteiger partial charge in [-0.25, -0.2) is 0 Å². The Balaban J connectivity index is 0.00000261. The highest BCUT2D eigenvalue weighted by atomic mass is 127. The summed E-state index contributed by atoms with van der Waals surface area (Å²) in [5.74, 6) is 1.19. The first-order chi connectivity index (χ1) is 12.7. The van der Waals surface area contributed by atoms with E-state index in [1.807, 2.05) is 31.2 Å². The number of para-hydroxylation sites is 1. The monoisotopic (exact) mass is 485 g/mol. The van der Waals surface area contributed by atoms with Gasteiger partial charge in [0.25, 0.3) is 0 Å². The first-order valence-electron chi connectivity index (χ1n) is 9.36.